The summed E-state index contributed by atoms with van der Waals surface area (Å²) in [5, 5.41) is -0.322. The van der Waals surface area contributed by atoms with E-state index in [1.807, 2.05) is 20.8 Å². The Morgan fingerprint density at radius 3 is 2.59 bits per heavy atom. The Bertz CT molecular complexity index is 1200. The van der Waals surface area contributed by atoms with Gasteiger partial charge >= 0.3 is 5.69 Å². The SMILES string of the molecule is CCCCn1c(N)c(N(CC(C)C)C(=O)c2cccc(CN3C(=O)CSC3=O)c2)c(=O)[nH]c1=O. The van der Waals surface area contributed by atoms with E-state index in [-0.39, 0.29) is 53.0 Å². The van der Waals surface area contributed by atoms with Crippen molar-refractivity contribution in [1.82, 2.24) is 14.5 Å². The minimum absolute atomic E-state index is 0.00109. The maximum Gasteiger partial charge on any atom is 0.330 e. The van der Waals surface area contributed by atoms with Gasteiger partial charge in [0.05, 0.1) is 12.3 Å². The van der Waals surface area contributed by atoms with Gasteiger partial charge in [0.15, 0.2) is 5.69 Å². The van der Waals surface area contributed by atoms with E-state index in [1.54, 1.807) is 24.3 Å². The number of aromatic amines is 1. The Hall–Kier alpha value is -3.34. The molecular formula is C23H29N5O5S. The van der Waals surface area contributed by atoms with Crippen LogP contribution in [0, 0.1) is 5.92 Å². The zero-order chi connectivity index (χ0) is 25.0. The van der Waals surface area contributed by atoms with E-state index in [1.165, 1.54) is 9.47 Å². The number of nitrogens with zero attached hydrogens (tertiary/aromatic N) is 3. The first-order chi connectivity index (χ1) is 16.1. The maximum atomic E-state index is 13.6. The van der Waals surface area contributed by atoms with Crippen LogP contribution in [-0.2, 0) is 17.9 Å². The molecule has 10 nitrogen and oxygen atoms in total. The standard InChI is InChI=1S/C23H29N5O5S/c1-4-5-9-26-19(24)18(20(30)25-22(26)32)28(11-14(2)3)21(31)16-8-6-7-15(10-16)12-27-17(29)13-34-23(27)33/h6-8,10,14H,4-5,9,11-13,24H2,1-3H3,(H,25,30,32). The minimum atomic E-state index is -0.731. The van der Waals surface area contributed by atoms with Gasteiger partial charge in [-0.2, -0.15) is 0 Å². The van der Waals surface area contributed by atoms with Gasteiger partial charge in [0.2, 0.25) is 5.91 Å². The second-order valence-corrected chi connectivity index (χ2v) is 9.47. The summed E-state index contributed by atoms with van der Waals surface area (Å²) in [5.41, 5.74) is 5.72. The number of nitrogen functional groups attached to an aromatic ring is 1. The van der Waals surface area contributed by atoms with Crippen LogP contribution in [0.1, 0.15) is 49.5 Å². The van der Waals surface area contributed by atoms with Crippen molar-refractivity contribution in [3.8, 4) is 0 Å². The number of H-pyrrole nitrogens is 1. The van der Waals surface area contributed by atoms with Crippen LogP contribution in [0.4, 0.5) is 16.3 Å². The normalized spacial score (nSPS) is 13.7. The number of hydrogen-bond acceptors (Lipinski definition) is 7. The molecule has 1 aliphatic heterocycles. The van der Waals surface area contributed by atoms with Gasteiger partial charge in [0.1, 0.15) is 5.82 Å². The van der Waals surface area contributed by atoms with E-state index in [4.69, 9.17) is 5.73 Å². The number of nitrogens with two attached hydrogens (primary N) is 1. The van der Waals surface area contributed by atoms with Crippen molar-refractivity contribution in [2.75, 3.05) is 22.9 Å². The third-order valence-electron chi connectivity index (χ3n) is 5.37. The maximum absolute atomic E-state index is 13.6. The Labute approximate surface area is 201 Å². The van der Waals surface area contributed by atoms with E-state index in [0.717, 1.165) is 23.1 Å². The van der Waals surface area contributed by atoms with Crippen molar-refractivity contribution in [1.29, 1.82) is 0 Å². The summed E-state index contributed by atoms with van der Waals surface area (Å²) in [6.07, 6.45) is 1.50. The first-order valence-corrected chi connectivity index (χ1v) is 12.1. The molecule has 1 aromatic carbocycles. The van der Waals surface area contributed by atoms with Gasteiger partial charge in [-0.3, -0.25) is 33.6 Å². The zero-order valence-electron chi connectivity index (χ0n) is 19.5. The van der Waals surface area contributed by atoms with Crippen LogP contribution in [0.25, 0.3) is 0 Å². The molecule has 0 aliphatic carbocycles. The van der Waals surface area contributed by atoms with Crippen molar-refractivity contribution < 1.29 is 14.4 Å². The van der Waals surface area contributed by atoms with E-state index in [0.29, 0.717) is 18.5 Å². The molecule has 3 amide bonds. The monoisotopic (exact) mass is 487 g/mol. The summed E-state index contributed by atoms with van der Waals surface area (Å²) in [7, 11) is 0. The number of anilines is 2. The molecule has 1 fully saturated rings. The number of hydrogen-bond donors (Lipinski definition) is 2. The fourth-order valence-corrected chi connectivity index (χ4v) is 4.42. The minimum Gasteiger partial charge on any atom is -0.383 e. The summed E-state index contributed by atoms with van der Waals surface area (Å²) in [4.78, 5) is 67.3. The second-order valence-electron chi connectivity index (χ2n) is 8.54. The van der Waals surface area contributed by atoms with Crippen molar-refractivity contribution in [3.05, 3.63) is 56.2 Å². The molecule has 0 unspecified atom stereocenters. The van der Waals surface area contributed by atoms with E-state index < -0.39 is 17.2 Å². The molecule has 3 N–H and O–H groups in total. The highest BCUT2D eigenvalue weighted by atomic mass is 32.2. The first-order valence-electron chi connectivity index (χ1n) is 11.1. The lowest BCUT2D eigenvalue weighted by molar-refractivity contribution is -0.125. The van der Waals surface area contributed by atoms with Crippen molar-refractivity contribution in [3.63, 3.8) is 0 Å². The number of thioether (sulfide) groups is 1. The quantitative estimate of drug-likeness (QED) is 0.554. The molecule has 0 spiro atoms. The Balaban J connectivity index is 2.01. The molecule has 34 heavy (non-hydrogen) atoms. The molecule has 2 heterocycles. The van der Waals surface area contributed by atoms with E-state index >= 15 is 0 Å². The molecule has 1 saturated heterocycles. The first kappa shape index (κ1) is 25.3. The molecule has 11 heteroatoms. The van der Waals surface area contributed by atoms with Crippen molar-refractivity contribution >= 4 is 40.3 Å². The number of imide groups is 1. The van der Waals surface area contributed by atoms with Crippen molar-refractivity contribution in [2.45, 2.75) is 46.7 Å². The Morgan fingerprint density at radius 1 is 1.24 bits per heavy atom. The summed E-state index contributed by atoms with van der Waals surface area (Å²) in [6, 6.07) is 6.57. The summed E-state index contributed by atoms with van der Waals surface area (Å²) in [5.74, 6) is -0.699. The third kappa shape index (κ3) is 5.41. The van der Waals surface area contributed by atoms with Gasteiger partial charge in [0, 0.05) is 18.7 Å². The Kier molecular flexibility index (Phi) is 7.98. The molecule has 3 rings (SSSR count). The van der Waals surface area contributed by atoms with Crippen LogP contribution in [0.2, 0.25) is 0 Å². The molecule has 1 aliphatic rings. The lowest BCUT2D eigenvalue weighted by atomic mass is 10.1. The van der Waals surface area contributed by atoms with Crippen molar-refractivity contribution in [2.24, 2.45) is 5.92 Å². The number of carbonyl (C=O) groups excluding carboxylic acids is 3. The van der Waals surface area contributed by atoms with E-state index in [2.05, 4.69) is 4.98 Å². The van der Waals surface area contributed by atoms with E-state index in [9.17, 15) is 24.0 Å². The van der Waals surface area contributed by atoms with Crippen LogP contribution in [0.15, 0.2) is 33.9 Å². The predicted molar refractivity (Wildman–Crippen MR) is 132 cm³/mol. The smallest absolute Gasteiger partial charge is 0.330 e. The highest BCUT2D eigenvalue weighted by Crippen LogP contribution is 2.24. The highest BCUT2D eigenvalue weighted by molar-refractivity contribution is 8.14. The average molecular weight is 488 g/mol. The van der Waals surface area contributed by atoms with Gasteiger partial charge < -0.3 is 10.6 Å². The van der Waals surface area contributed by atoms with Gasteiger partial charge in [-0.15, -0.1) is 0 Å². The molecule has 0 saturated carbocycles. The molecule has 2 aromatic rings. The van der Waals surface area contributed by atoms with Crippen LogP contribution < -0.4 is 21.9 Å². The predicted octanol–water partition coefficient (Wildman–Crippen LogP) is 2.42. The topological polar surface area (TPSA) is 139 Å². The highest BCUT2D eigenvalue weighted by Gasteiger charge is 2.30. The number of nitrogens with one attached hydrogen (secondary N) is 1. The van der Waals surface area contributed by atoms with Crippen LogP contribution in [-0.4, -0.2) is 43.8 Å². The number of carbonyl (C=O) groups is 3. The molecule has 1 aromatic heterocycles. The third-order valence-corrected chi connectivity index (χ3v) is 6.23. The molecular weight excluding hydrogens is 458 g/mol. The number of amides is 3. The summed E-state index contributed by atoms with van der Waals surface area (Å²) < 4.78 is 1.28. The molecule has 182 valence electrons. The van der Waals surface area contributed by atoms with Gasteiger partial charge in [0.25, 0.3) is 16.7 Å². The molecule has 0 atom stereocenters. The Morgan fingerprint density at radius 2 is 1.97 bits per heavy atom. The summed E-state index contributed by atoms with van der Waals surface area (Å²) in [6.45, 7) is 6.34. The summed E-state index contributed by atoms with van der Waals surface area (Å²) >= 11 is 0.946. The number of unbranched alkanes of at least 4 members (excludes halogenated alkanes) is 1. The molecule has 0 bridgehead atoms. The average Bonchev–Trinajstić information content (AvgIpc) is 3.09. The van der Waals surface area contributed by atoms with Gasteiger partial charge in [-0.1, -0.05) is 51.1 Å². The fourth-order valence-electron chi connectivity index (χ4n) is 3.69. The second kappa shape index (κ2) is 10.7. The lowest BCUT2D eigenvalue weighted by Gasteiger charge is -2.26. The number of aromatic nitrogens is 2. The fraction of sp³-hybridized carbons (Fsp3) is 0.435. The van der Waals surface area contributed by atoms with Gasteiger partial charge in [-0.05, 0) is 30.0 Å². The number of benzene rings is 1. The van der Waals surface area contributed by atoms with Crippen LogP contribution in [0.3, 0.4) is 0 Å². The van der Waals surface area contributed by atoms with Crippen LogP contribution in [0.5, 0.6) is 0 Å². The molecule has 0 radical (unpaired) electrons. The van der Waals surface area contributed by atoms with Gasteiger partial charge in [-0.25, -0.2) is 4.79 Å². The van der Waals surface area contributed by atoms with Crippen LogP contribution >= 0.6 is 11.8 Å². The number of rotatable bonds is 9. The zero-order valence-corrected chi connectivity index (χ0v) is 20.3. The lowest BCUT2D eigenvalue weighted by Crippen LogP contribution is -2.42. The largest absolute Gasteiger partial charge is 0.383 e.